The van der Waals surface area contributed by atoms with Gasteiger partial charge in [-0.3, -0.25) is 4.79 Å². The molecule has 1 aromatic carbocycles. The molecule has 9 heteroatoms. The third-order valence-electron chi connectivity index (χ3n) is 4.17. The summed E-state index contributed by atoms with van der Waals surface area (Å²) in [6.07, 6.45) is 2.41. The van der Waals surface area contributed by atoms with Crippen LogP contribution in [0, 0.1) is 11.3 Å². The van der Waals surface area contributed by atoms with Crippen LogP contribution in [-0.4, -0.2) is 41.6 Å². The molecule has 0 spiro atoms. The van der Waals surface area contributed by atoms with E-state index in [0.29, 0.717) is 36.6 Å². The summed E-state index contributed by atoms with van der Waals surface area (Å²) in [6.45, 7) is 6.55. The number of rotatable bonds is 4. The Morgan fingerprint density at radius 2 is 1.93 bits per heavy atom. The maximum Gasteiger partial charge on any atom is 0.410 e. The number of anilines is 1. The van der Waals surface area contributed by atoms with Gasteiger partial charge >= 0.3 is 6.09 Å². The van der Waals surface area contributed by atoms with Gasteiger partial charge in [-0.2, -0.15) is 5.26 Å². The van der Waals surface area contributed by atoms with Crippen molar-refractivity contribution in [2.24, 2.45) is 0 Å². The van der Waals surface area contributed by atoms with E-state index >= 15 is 0 Å². The Balaban J connectivity index is 1.90. The van der Waals surface area contributed by atoms with Gasteiger partial charge in [-0.15, -0.1) is 0 Å². The lowest BCUT2D eigenvalue weighted by Gasteiger charge is -2.33. The summed E-state index contributed by atoms with van der Waals surface area (Å²) in [5, 5.41) is 15.5. The summed E-state index contributed by atoms with van der Waals surface area (Å²) in [4.78, 5) is 26.1. The van der Waals surface area contributed by atoms with E-state index in [9.17, 15) is 14.9 Å². The number of likely N-dealkylation sites (tertiary alicyclic amines) is 1. The molecule has 2 amide bonds. The van der Waals surface area contributed by atoms with Crippen LogP contribution in [0.15, 0.2) is 30.0 Å². The Hall–Kier alpha value is -2.43. The first-order chi connectivity index (χ1) is 13.6. The number of hydrogen-bond acceptors (Lipinski definition) is 5. The zero-order valence-electron chi connectivity index (χ0n) is 16.6. The number of carbonyl (C=O) groups excluding carboxylic acids is 2. The molecular weight excluding hydrogens is 415 g/mol. The second kappa shape index (κ2) is 9.86. The quantitative estimate of drug-likeness (QED) is 0.538. The fourth-order valence-electron chi connectivity index (χ4n) is 2.69. The first kappa shape index (κ1) is 22.9. The number of ether oxygens (including phenoxy) is 1. The van der Waals surface area contributed by atoms with E-state index in [4.69, 9.17) is 27.9 Å². The minimum atomic E-state index is -0.588. The van der Waals surface area contributed by atoms with Gasteiger partial charge < -0.3 is 20.3 Å². The Kier molecular flexibility index (Phi) is 7.77. The standard InChI is InChI=1S/C20H24Cl2N4O3/c1-20(2,3)29-19(28)26-9-7-14(8-10-26)24-12-13(11-23)18(27)25-16-6-4-5-15(21)17(16)22/h4-6,12,14,24H,7-10H2,1-3H3,(H,25,27)/b13-12-. The number of halogens is 2. The number of piperidine rings is 1. The van der Waals surface area contributed by atoms with Gasteiger partial charge in [0.1, 0.15) is 17.2 Å². The predicted octanol–water partition coefficient (Wildman–Crippen LogP) is 4.33. The summed E-state index contributed by atoms with van der Waals surface area (Å²) in [5.74, 6) is -0.588. The van der Waals surface area contributed by atoms with Gasteiger partial charge in [-0.25, -0.2) is 4.79 Å². The van der Waals surface area contributed by atoms with Crippen LogP contribution in [0.4, 0.5) is 10.5 Å². The topological polar surface area (TPSA) is 94.5 Å². The van der Waals surface area contributed by atoms with Crippen LogP contribution in [0.2, 0.25) is 10.0 Å². The maximum absolute atomic E-state index is 12.3. The molecule has 1 heterocycles. The van der Waals surface area contributed by atoms with Crippen molar-refractivity contribution < 1.29 is 14.3 Å². The van der Waals surface area contributed by atoms with Crippen molar-refractivity contribution in [1.82, 2.24) is 10.2 Å². The van der Waals surface area contributed by atoms with Crippen molar-refractivity contribution in [3.05, 3.63) is 40.0 Å². The van der Waals surface area contributed by atoms with Crippen molar-refractivity contribution >= 4 is 40.9 Å². The van der Waals surface area contributed by atoms with Crippen LogP contribution in [0.3, 0.4) is 0 Å². The second-order valence-corrected chi connectivity index (χ2v) is 8.42. The molecule has 0 unspecified atom stereocenters. The van der Waals surface area contributed by atoms with Gasteiger partial charge in [-0.05, 0) is 45.7 Å². The number of carbonyl (C=O) groups is 2. The van der Waals surface area contributed by atoms with Gasteiger partial charge in [0.2, 0.25) is 0 Å². The minimum absolute atomic E-state index is 0.0413. The van der Waals surface area contributed by atoms with Gasteiger partial charge in [-0.1, -0.05) is 29.3 Å². The van der Waals surface area contributed by atoms with Crippen LogP contribution in [-0.2, 0) is 9.53 Å². The lowest BCUT2D eigenvalue weighted by atomic mass is 10.1. The molecule has 1 aliphatic heterocycles. The third kappa shape index (κ3) is 6.84. The summed E-state index contributed by atoms with van der Waals surface area (Å²) in [6, 6.07) is 6.77. The molecule has 156 valence electrons. The van der Waals surface area contributed by atoms with E-state index in [0.717, 1.165) is 0 Å². The first-order valence-electron chi connectivity index (χ1n) is 9.20. The average molecular weight is 439 g/mol. The normalized spacial score (nSPS) is 15.4. The highest BCUT2D eigenvalue weighted by molar-refractivity contribution is 6.44. The molecule has 2 N–H and O–H groups in total. The number of hydrogen-bond donors (Lipinski definition) is 2. The number of nitrogens with one attached hydrogen (secondary N) is 2. The van der Waals surface area contributed by atoms with Crippen molar-refractivity contribution in [1.29, 1.82) is 5.26 Å². The number of amides is 2. The number of nitriles is 1. The van der Waals surface area contributed by atoms with Crippen molar-refractivity contribution in [3.8, 4) is 6.07 Å². The van der Waals surface area contributed by atoms with Crippen LogP contribution < -0.4 is 10.6 Å². The number of nitrogens with zero attached hydrogens (tertiary/aromatic N) is 2. The molecule has 2 rings (SSSR count). The largest absolute Gasteiger partial charge is 0.444 e. The molecule has 7 nitrogen and oxygen atoms in total. The summed E-state index contributed by atoms with van der Waals surface area (Å²) >= 11 is 12.0. The van der Waals surface area contributed by atoms with E-state index in [1.165, 1.54) is 6.20 Å². The first-order valence-corrected chi connectivity index (χ1v) is 9.96. The molecule has 1 aliphatic rings. The van der Waals surface area contributed by atoms with Crippen molar-refractivity contribution in [2.45, 2.75) is 45.3 Å². The molecule has 29 heavy (non-hydrogen) atoms. The van der Waals surface area contributed by atoms with Crippen molar-refractivity contribution in [3.63, 3.8) is 0 Å². The maximum atomic E-state index is 12.3. The van der Waals surface area contributed by atoms with Gasteiger partial charge in [0.25, 0.3) is 5.91 Å². The predicted molar refractivity (Wildman–Crippen MR) is 113 cm³/mol. The van der Waals surface area contributed by atoms with E-state index in [-0.39, 0.29) is 22.7 Å². The highest BCUT2D eigenvalue weighted by atomic mass is 35.5. The molecule has 1 aromatic rings. The fraction of sp³-hybridized carbons (Fsp3) is 0.450. The van der Waals surface area contributed by atoms with Gasteiger partial charge in [0.15, 0.2) is 0 Å². The lowest BCUT2D eigenvalue weighted by molar-refractivity contribution is -0.112. The third-order valence-corrected chi connectivity index (χ3v) is 4.99. The van der Waals surface area contributed by atoms with E-state index in [1.807, 2.05) is 26.8 Å². The Bertz CT molecular complexity index is 835. The van der Waals surface area contributed by atoms with Gasteiger partial charge in [0, 0.05) is 25.3 Å². The summed E-state index contributed by atoms with van der Waals surface area (Å²) in [7, 11) is 0. The molecule has 0 aliphatic carbocycles. The monoisotopic (exact) mass is 438 g/mol. The fourth-order valence-corrected chi connectivity index (χ4v) is 3.04. The Labute approximate surface area is 180 Å². The molecular formula is C20H24Cl2N4O3. The smallest absolute Gasteiger partial charge is 0.410 e. The van der Waals surface area contributed by atoms with Crippen LogP contribution in [0.1, 0.15) is 33.6 Å². The number of benzene rings is 1. The molecule has 0 radical (unpaired) electrons. The van der Waals surface area contributed by atoms with E-state index < -0.39 is 11.5 Å². The molecule has 0 atom stereocenters. The average Bonchev–Trinajstić information content (AvgIpc) is 2.65. The SMILES string of the molecule is CC(C)(C)OC(=O)N1CCC(N/C=C(/C#N)C(=O)Nc2cccc(Cl)c2Cl)CC1. The molecule has 0 bridgehead atoms. The van der Waals surface area contributed by atoms with Crippen LogP contribution in [0.25, 0.3) is 0 Å². The van der Waals surface area contributed by atoms with E-state index in [2.05, 4.69) is 10.6 Å². The minimum Gasteiger partial charge on any atom is -0.444 e. The van der Waals surface area contributed by atoms with Crippen molar-refractivity contribution in [2.75, 3.05) is 18.4 Å². The lowest BCUT2D eigenvalue weighted by Crippen LogP contribution is -2.45. The van der Waals surface area contributed by atoms with E-state index in [1.54, 1.807) is 23.1 Å². The zero-order valence-corrected chi connectivity index (χ0v) is 18.1. The second-order valence-electron chi connectivity index (χ2n) is 7.63. The van der Waals surface area contributed by atoms with Gasteiger partial charge in [0.05, 0.1) is 15.7 Å². The molecule has 1 saturated heterocycles. The highest BCUT2D eigenvalue weighted by Gasteiger charge is 2.26. The molecule has 1 fully saturated rings. The van der Waals surface area contributed by atoms with Crippen LogP contribution in [0.5, 0.6) is 0 Å². The zero-order chi connectivity index (χ0) is 21.6. The Morgan fingerprint density at radius 1 is 1.28 bits per heavy atom. The Morgan fingerprint density at radius 3 is 2.52 bits per heavy atom. The van der Waals surface area contributed by atoms with Crippen LogP contribution >= 0.6 is 23.2 Å². The summed E-state index contributed by atoms with van der Waals surface area (Å²) in [5.41, 5.74) is -0.290. The molecule has 0 aromatic heterocycles. The molecule has 0 saturated carbocycles. The highest BCUT2D eigenvalue weighted by Crippen LogP contribution is 2.29. The summed E-state index contributed by atoms with van der Waals surface area (Å²) < 4.78 is 5.37.